The molecule has 0 bridgehead atoms. The van der Waals surface area contributed by atoms with Crippen LogP contribution in [0.25, 0.3) is 0 Å². The lowest BCUT2D eigenvalue weighted by Gasteiger charge is -1.74. The average molecular weight is 121 g/mol. The van der Waals surface area contributed by atoms with Crippen LogP contribution < -0.4 is 0 Å². The maximum atomic E-state index is 11.7. The summed E-state index contributed by atoms with van der Waals surface area (Å²) in [4.78, 5) is 1.72. The van der Waals surface area contributed by atoms with Gasteiger partial charge in [0.25, 0.3) is 0 Å². The van der Waals surface area contributed by atoms with E-state index in [1.54, 1.807) is 4.98 Å². The molecule has 0 spiro atoms. The first-order valence-corrected chi connectivity index (χ1v) is 1.89. The zero-order chi connectivity index (χ0) is 6.15. The number of nitrogens with one attached hydrogen (secondary N) is 1. The van der Waals surface area contributed by atoms with E-state index in [1.807, 2.05) is 0 Å². The van der Waals surface area contributed by atoms with Crippen LogP contribution >= 0.6 is 0 Å². The maximum absolute atomic E-state index is 11.7. The Morgan fingerprint density at radius 1 is 1.25 bits per heavy atom. The Hall–Kier alpha value is -0.930. The molecule has 0 saturated carbocycles. The van der Waals surface area contributed by atoms with Gasteiger partial charge in [-0.15, -0.1) is 0 Å². The van der Waals surface area contributed by atoms with Crippen molar-refractivity contribution in [3.05, 3.63) is 23.8 Å². The van der Waals surface area contributed by atoms with Crippen molar-refractivity contribution in [1.82, 2.24) is 4.98 Å². The Morgan fingerprint density at radius 3 is 2.00 bits per heavy atom. The lowest BCUT2D eigenvalue weighted by Crippen LogP contribution is -1.76. The molecule has 1 N–H and O–H groups in total. The summed E-state index contributed by atoms with van der Waals surface area (Å²) < 4.78 is 35.1. The fourth-order valence-electron chi connectivity index (χ4n) is 0.358. The SMILES string of the molecule is Fc1c[nH]c(F)c1F. The molecule has 0 aromatic carbocycles. The number of halogens is 3. The van der Waals surface area contributed by atoms with E-state index in [1.165, 1.54) is 0 Å². The lowest BCUT2D eigenvalue weighted by atomic mass is 10.6. The van der Waals surface area contributed by atoms with Crippen LogP contribution in [0.15, 0.2) is 6.20 Å². The standard InChI is InChI=1S/C4H2F3N/c5-2-1-8-4(7)3(2)6/h1,8H. The summed E-state index contributed by atoms with van der Waals surface area (Å²) in [6.07, 6.45) is 0.616. The van der Waals surface area contributed by atoms with E-state index in [0.717, 1.165) is 0 Å². The highest BCUT2D eigenvalue weighted by atomic mass is 19.2. The summed E-state index contributed by atoms with van der Waals surface area (Å²) in [5.74, 6) is -3.91. The predicted octanol–water partition coefficient (Wildman–Crippen LogP) is 1.43. The van der Waals surface area contributed by atoms with Gasteiger partial charge in [-0.3, -0.25) is 0 Å². The van der Waals surface area contributed by atoms with Gasteiger partial charge in [-0.1, -0.05) is 0 Å². The van der Waals surface area contributed by atoms with Crippen molar-refractivity contribution in [3.8, 4) is 0 Å². The second kappa shape index (κ2) is 1.54. The molecule has 0 aliphatic heterocycles. The van der Waals surface area contributed by atoms with Gasteiger partial charge < -0.3 is 4.98 Å². The van der Waals surface area contributed by atoms with E-state index in [4.69, 9.17) is 0 Å². The molecular weight excluding hydrogens is 119 g/mol. The molecule has 1 heterocycles. The summed E-state index contributed by atoms with van der Waals surface area (Å²) in [6.45, 7) is 0. The monoisotopic (exact) mass is 121 g/mol. The van der Waals surface area contributed by atoms with Crippen LogP contribution in [0.2, 0.25) is 0 Å². The van der Waals surface area contributed by atoms with Gasteiger partial charge in [0.05, 0.1) is 0 Å². The predicted molar refractivity (Wildman–Crippen MR) is 20.7 cm³/mol. The number of rotatable bonds is 0. The van der Waals surface area contributed by atoms with Crippen LogP contribution in [0.3, 0.4) is 0 Å². The summed E-state index contributed by atoms with van der Waals surface area (Å²) in [5, 5.41) is 0. The van der Waals surface area contributed by atoms with Crippen molar-refractivity contribution in [2.75, 3.05) is 0 Å². The topological polar surface area (TPSA) is 15.8 Å². The van der Waals surface area contributed by atoms with Crippen LogP contribution in [0.4, 0.5) is 13.2 Å². The quantitative estimate of drug-likeness (QED) is 0.534. The van der Waals surface area contributed by atoms with Crippen molar-refractivity contribution >= 4 is 0 Å². The van der Waals surface area contributed by atoms with Crippen LogP contribution in [0.5, 0.6) is 0 Å². The van der Waals surface area contributed by atoms with Crippen LogP contribution in [0.1, 0.15) is 0 Å². The summed E-state index contributed by atoms with van der Waals surface area (Å²) in [7, 11) is 0. The van der Waals surface area contributed by atoms with Gasteiger partial charge in [-0.05, 0) is 0 Å². The molecule has 8 heavy (non-hydrogen) atoms. The lowest BCUT2D eigenvalue weighted by molar-refractivity contribution is 0.453. The van der Waals surface area contributed by atoms with Gasteiger partial charge in [-0.2, -0.15) is 8.78 Å². The second-order valence-corrected chi connectivity index (χ2v) is 1.26. The highest BCUT2D eigenvalue weighted by Gasteiger charge is 2.07. The van der Waals surface area contributed by atoms with Gasteiger partial charge in [-0.25, -0.2) is 4.39 Å². The van der Waals surface area contributed by atoms with E-state index in [0.29, 0.717) is 6.20 Å². The molecule has 4 heteroatoms. The van der Waals surface area contributed by atoms with Gasteiger partial charge in [0, 0.05) is 6.20 Å². The molecule has 1 aromatic rings. The minimum absolute atomic E-state index is 0.616. The number of H-pyrrole nitrogens is 1. The highest BCUT2D eigenvalue weighted by Crippen LogP contribution is 2.06. The molecule has 0 fully saturated rings. The van der Waals surface area contributed by atoms with E-state index >= 15 is 0 Å². The fourth-order valence-corrected chi connectivity index (χ4v) is 0.358. The zero-order valence-corrected chi connectivity index (χ0v) is 3.71. The molecular formula is C4H2F3N. The van der Waals surface area contributed by atoms with Crippen molar-refractivity contribution < 1.29 is 13.2 Å². The third-order valence-corrected chi connectivity index (χ3v) is 0.728. The van der Waals surface area contributed by atoms with Gasteiger partial charge in [0.15, 0.2) is 5.82 Å². The first-order valence-electron chi connectivity index (χ1n) is 1.89. The Labute approximate surface area is 43.1 Å². The minimum Gasteiger partial charge on any atom is -0.333 e. The minimum atomic E-state index is -1.45. The molecule has 0 saturated heterocycles. The van der Waals surface area contributed by atoms with Crippen molar-refractivity contribution in [3.63, 3.8) is 0 Å². The van der Waals surface area contributed by atoms with Crippen LogP contribution in [-0.2, 0) is 0 Å². The molecule has 0 amide bonds. The fraction of sp³-hybridized carbons (Fsp3) is 0. The smallest absolute Gasteiger partial charge is 0.230 e. The van der Waals surface area contributed by atoms with Gasteiger partial charge >= 0.3 is 0 Å². The van der Waals surface area contributed by atoms with Gasteiger partial charge in [0.1, 0.15) is 0 Å². The maximum Gasteiger partial charge on any atom is 0.230 e. The molecule has 1 aromatic heterocycles. The Kier molecular flexibility index (Phi) is 1.00. The normalized spacial score (nSPS) is 9.88. The number of hydrogen-bond donors (Lipinski definition) is 1. The van der Waals surface area contributed by atoms with Gasteiger partial charge in [0.2, 0.25) is 11.8 Å². The number of hydrogen-bond acceptors (Lipinski definition) is 0. The summed E-state index contributed by atoms with van der Waals surface area (Å²) in [5.41, 5.74) is 0. The van der Waals surface area contributed by atoms with Crippen LogP contribution in [-0.4, -0.2) is 4.98 Å². The van der Waals surface area contributed by atoms with E-state index in [-0.39, 0.29) is 0 Å². The molecule has 0 atom stereocenters. The largest absolute Gasteiger partial charge is 0.333 e. The van der Waals surface area contributed by atoms with Crippen molar-refractivity contribution in [2.24, 2.45) is 0 Å². The molecule has 44 valence electrons. The molecule has 0 aliphatic rings. The Morgan fingerprint density at radius 2 is 1.88 bits per heavy atom. The first-order chi connectivity index (χ1) is 3.72. The summed E-state index contributed by atoms with van der Waals surface area (Å²) in [6, 6.07) is 0. The Bertz CT molecular complexity index is 174. The molecule has 0 unspecified atom stereocenters. The third-order valence-electron chi connectivity index (χ3n) is 0.728. The molecule has 0 radical (unpaired) electrons. The first kappa shape index (κ1) is 5.21. The van der Waals surface area contributed by atoms with Crippen molar-refractivity contribution in [2.45, 2.75) is 0 Å². The van der Waals surface area contributed by atoms with Crippen LogP contribution in [0, 0.1) is 17.6 Å². The molecule has 0 aliphatic carbocycles. The van der Waals surface area contributed by atoms with E-state index < -0.39 is 17.6 Å². The zero-order valence-electron chi connectivity index (χ0n) is 3.71. The van der Waals surface area contributed by atoms with E-state index in [9.17, 15) is 13.2 Å². The second-order valence-electron chi connectivity index (χ2n) is 1.26. The Balaban J connectivity index is 3.19. The summed E-state index contributed by atoms with van der Waals surface area (Å²) >= 11 is 0. The average Bonchev–Trinajstić information content (AvgIpc) is 1.98. The number of aromatic nitrogens is 1. The highest BCUT2D eigenvalue weighted by molar-refractivity contribution is 4.97. The van der Waals surface area contributed by atoms with E-state index in [2.05, 4.69) is 0 Å². The molecule has 1 rings (SSSR count). The molecule has 1 nitrogen and oxygen atoms in total. The van der Waals surface area contributed by atoms with Crippen molar-refractivity contribution in [1.29, 1.82) is 0 Å². The third kappa shape index (κ3) is 0.576. The number of aromatic amines is 1.